The van der Waals surface area contributed by atoms with Gasteiger partial charge < -0.3 is 5.73 Å². The summed E-state index contributed by atoms with van der Waals surface area (Å²) in [6, 6.07) is 4.74. The van der Waals surface area contributed by atoms with Crippen molar-refractivity contribution in [3.8, 4) is 0 Å². The van der Waals surface area contributed by atoms with Gasteiger partial charge in [0.15, 0.2) is 0 Å². The molecular formula is C15H25BrN2S. The van der Waals surface area contributed by atoms with Crippen LogP contribution in [0.15, 0.2) is 15.9 Å². The first-order valence-corrected chi connectivity index (χ1v) is 8.72. The molecule has 1 aromatic heterocycles. The van der Waals surface area contributed by atoms with Crippen LogP contribution in [0.1, 0.15) is 44.5 Å². The van der Waals surface area contributed by atoms with E-state index in [1.54, 1.807) is 0 Å². The van der Waals surface area contributed by atoms with Gasteiger partial charge in [0, 0.05) is 11.4 Å². The van der Waals surface area contributed by atoms with Crippen molar-refractivity contribution < 1.29 is 0 Å². The molecule has 0 saturated carbocycles. The highest BCUT2D eigenvalue weighted by Gasteiger charge is 2.31. The van der Waals surface area contributed by atoms with Crippen LogP contribution < -0.4 is 5.73 Å². The molecule has 1 unspecified atom stereocenters. The van der Waals surface area contributed by atoms with E-state index in [2.05, 4.69) is 53.7 Å². The van der Waals surface area contributed by atoms with Gasteiger partial charge in [-0.2, -0.15) is 0 Å². The molecule has 0 radical (unpaired) electrons. The second-order valence-corrected chi connectivity index (χ2v) is 9.06. The van der Waals surface area contributed by atoms with Crippen molar-refractivity contribution in [3.63, 3.8) is 0 Å². The monoisotopic (exact) mass is 344 g/mol. The summed E-state index contributed by atoms with van der Waals surface area (Å²) < 4.78 is 1.20. The highest BCUT2D eigenvalue weighted by molar-refractivity contribution is 9.11. The van der Waals surface area contributed by atoms with Crippen LogP contribution in [0.4, 0.5) is 0 Å². The minimum absolute atomic E-state index is 0.400. The molecule has 0 spiro atoms. The lowest BCUT2D eigenvalue weighted by atomic mass is 9.75. The molecule has 1 atom stereocenters. The van der Waals surface area contributed by atoms with Gasteiger partial charge in [-0.25, -0.2) is 0 Å². The van der Waals surface area contributed by atoms with Gasteiger partial charge in [-0.05, 0) is 65.3 Å². The zero-order valence-electron chi connectivity index (χ0n) is 12.2. The van der Waals surface area contributed by atoms with Gasteiger partial charge in [0.05, 0.1) is 9.83 Å². The maximum absolute atomic E-state index is 6.02. The van der Waals surface area contributed by atoms with E-state index in [4.69, 9.17) is 5.73 Å². The summed E-state index contributed by atoms with van der Waals surface area (Å²) in [5, 5.41) is 0. The van der Waals surface area contributed by atoms with Crippen LogP contribution in [0.5, 0.6) is 0 Å². The molecule has 1 aromatic rings. The maximum atomic E-state index is 6.02. The molecule has 2 heterocycles. The summed E-state index contributed by atoms with van der Waals surface area (Å²) in [5.74, 6) is 0.845. The summed E-state index contributed by atoms with van der Waals surface area (Å²) in [5.41, 5.74) is 6.46. The van der Waals surface area contributed by atoms with Crippen LogP contribution in [0.3, 0.4) is 0 Å². The molecule has 1 fully saturated rings. The normalized spacial score (nSPS) is 20.7. The molecule has 19 heavy (non-hydrogen) atoms. The first kappa shape index (κ1) is 15.5. The average Bonchev–Trinajstić information content (AvgIpc) is 2.76. The van der Waals surface area contributed by atoms with Crippen LogP contribution in [-0.2, 0) is 0 Å². The number of thiophene rings is 1. The van der Waals surface area contributed by atoms with Gasteiger partial charge in [-0.1, -0.05) is 20.8 Å². The Morgan fingerprint density at radius 1 is 1.37 bits per heavy atom. The molecule has 2 rings (SSSR count). The quantitative estimate of drug-likeness (QED) is 0.886. The van der Waals surface area contributed by atoms with Crippen LogP contribution in [-0.4, -0.2) is 24.5 Å². The number of rotatable bonds is 3. The molecule has 1 saturated heterocycles. The van der Waals surface area contributed by atoms with Crippen molar-refractivity contribution in [1.82, 2.24) is 4.90 Å². The number of nitrogens with zero attached hydrogens (tertiary/aromatic N) is 1. The fraction of sp³-hybridized carbons (Fsp3) is 0.733. The van der Waals surface area contributed by atoms with Gasteiger partial charge in [0.2, 0.25) is 0 Å². The Kier molecular flexibility index (Phi) is 5.09. The van der Waals surface area contributed by atoms with E-state index >= 15 is 0 Å². The van der Waals surface area contributed by atoms with Gasteiger partial charge in [0.25, 0.3) is 0 Å². The van der Waals surface area contributed by atoms with E-state index in [1.165, 1.54) is 34.6 Å². The molecule has 108 valence electrons. The third-order valence-electron chi connectivity index (χ3n) is 4.34. The summed E-state index contributed by atoms with van der Waals surface area (Å²) in [6.07, 6.45) is 2.60. The zero-order chi connectivity index (χ0) is 14.0. The standard InChI is InChI=1S/C15H25BrN2S/c1-15(2,3)11-6-8-18(9-7-11)12(10-17)13-4-5-14(16)19-13/h4-5,11-12H,6-10,17H2,1-3H3. The van der Waals surface area contributed by atoms with Gasteiger partial charge in [0.1, 0.15) is 0 Å². The highest BCUT2D eigenvalue weighted by Crippen LogP contribution is 2.37. The maximum Gasteiger partial charge on any atom is 0.0702 e. The van der Waals surface area contributed by atoms with Crippen molar-refractivity contribution in [1.29, 1.82) is 0 Å². The summed E-state index contributed by atoms with van der Waals surface area (Å²) >= 11 is 5.36. The van der Waals surface area contributed by atoms with E-state index in [9.17, 15) is 0 Å². The van der Waals surface area contributed by atoms with Gasteiger partial charge >= 0.3 is 0 Å². The largest absolute Gasteiger partial charge is 0.329 e. The topological polar surface area (TPSA) is 29.3 Å². The summed E-state index contributed by atoms with van der Waals surface area (Å²) in [7, 11) is 0. The Balaban J connectivity index is 1.99. The first-order chi connectivity index (χ1) is 8.91. The second kappa shape index (κ2) is 6.25. The SMILES string of the molecule is CC(C)(C)C1CCN(C(CN)c2ccc(Br)s2)CC1. The average molecular weight is 345 g/mol. The van der Waals surface area contributed by atoms with Crippen molar-refractivity contribution in [2.45, 2.75) is 39.7 Å². The van der Waals surface area contributed by atoms with Gasteiger partial charge in [-0.3, -0.25) is 4.90 Å². The lowest BCUT2D eigenvalue weighted by Crippen LogP contribution is -2.42. The Morgan fingerprint density at radius 2 is 2.00 bits per heavy atom. The smallest absolute Gasteiger partial charge is 0.0702 e. The number of nitrogens with two attached hydrogens (primary N) is 1. The number of piperidine rings is 1. The van der Waals surface area contributed by atoms with E-state index in [0.29, 0.717) is 18.0 Å². The van der Waals surface area contributed by atoms with Crippen LogP contribution in [0.25, 0.3) is 0 Å². The molecule has 2 N–H and O–H groups in total. The lowest BCUT2D eigenvalue weighted by molar-refractivity contribution is 0.0857. The fourth-order valence-electron chi connectivity index (χ4n) is 3.03. The first-order valence-electron chi connectivity index (χ1n) is 7.11. The molecular weight excluding hydrogens is 320 g/mol. The molecule has 2 nitrogen and oxygen atoms in total. The number of halogens is 1. The zero-order valence-corrected chi connectivity index (χ0v) is 14.6. The third kappa shape index (κ3) is 3.81. The minimum atomic E-state index is 0.400. The number of hydrogen-bond donors (Lipinski definition) is 1. The molecule has 4 heteroatoms. The van der Waals surface area contributed by atoms with Crippen molar-refractivity contribution >= 4 is 27.3 Å². The molecule has 0 aliphatic carbocycles. The van der Waals surface area contributed by atoms with Crippen LogP contribution in [0, 0.1) is 11.3 Å². The van der Waals surface area contributed by atoms with E-state index in [1.807, 2.05) is 11.3 Å². The predicted octanol–water partition coefficient (Wildman–Crippen LogP) is 4.27. The molecule has 1 aliphatic rings. The third-order valence-corrected chi connectivity index (χ3v) is 6.07. The van der Waals surface area contributed by atoms with E-state index < -0.39 is 0 Å². The predicted molar refractivity (Wildman–Crippen MR) is 87.6 cm³/mol. The van der Waals surface area contributed by atoms with Gasteiger partial charge in [-0.15, -0.1) is 11.3 Å². The molecule has 0 bridgehead atoms. The van der Waals surface area contributed by atoms with E-state index in [0.717, 1.165) is 5.92 Å². The Morgan fingerprint density at radius 3 is 2.42 bits per heavy atom. The molecule has 0 aromatic carbocycles. The number of hydrogen-bond acceptors (Lipinski definition) is 3. The Bertz CT molecular complexity index is 403. The van der Waals surface area contributed by atoms with Crippen LogP contribution >= 0.6 is 27.3 Å². The summed E-state index contributed by atoms with van der Waals surface area (Å²) in [6.45, 7) is 10.2. The van der Waals surface area contributed by atoms with Crippen molar-refractivity contribution in [2.24, 2.45) is 17.1 Å². The minimum Gasteiger partial charge on any atom is -0.329 e. The van der Waals surface area contributed by atoms with E-state index in [-0.39, 0.29) is 0 Å². The lowest BCUT2D eigenvalue weighted by Gasteiger charge is -2.41. The molecule has 1 aliphatic heterocycles. The Labute approximate surface area is 129 Å². The molecule has 0 amide bonds. The van der Waals surface area contributed by atoms with Crippen molar-refractivity contribution in [2.75, 3.05) is 19.6 Å². The second-order valence-electron chi connectivity index (χ2n) is 6.57. The highest BCUT2D eigenvalue weighted by atomic mass is 79.9. The van der Waals surface area contributed by atoms with Crippen LogP contribution in [0.2, 0.25) is 0 Å². The van der Waals surface area contributed by atoms with Crippen molar-refractivity contribution in [3.05, 3.63) is 20.8 Å². The Hall–Kier alpha value is 0.1000. The summed E-state index contributed by atoms with van der Waals surface area (Å²) in [4.78, 5) is 3.96. The number of likely N-dealkylation sites (tertiary alicyclic amines) is 1. The fourth-order valence-corrected chi connectivity index (χ4v) is 4.60.